The van der Waals surface area contributed by atoms with Crippen LogP contribution in [-0.2, 0) is 16.0 Å². The summed E-state index contributed by atoms with van der Waals surface area (Å²) < 4.78 is 0. The average molecular weight is 411 g/mol. The van der Waals surface area contributed by atoms with Crippen molar-refractivity contribution in [1.29, 1.82) is 0 Å². The highest BCUT2D eigenvalue weighted by Crippen LogP contribution is 2.39. The number of carbonyl (C=O) groups excluding carboxylic acids is 2. The molecule has 1 atom stereocenters. The van der Waals surface area contributed by atoms with Crippen LogP contribution >= 0.6 is 11.3 Å². The minimum absolute atomic E-state index is 0.0546. The van der Waals surface area contributed by atoms with Gasteiger partial charge in [-0.15, -0.1) is 11.3 Å². The van der Waals surface area contributed by atoms with E-state index in [1.54, 1.807) is 11.3 Å². The van der Waals surface area contributed by atoms with Crippen LogP contribution in [0.25, 0.3) is 0 Å². The van der Waals surface area contributed by atoms with Crippen molar-refractivity contribution in [3.8, 4) is 0 Å². The minimum atomic E-state index is -0.0546. The lowest BCUT2D eigenvalue weighted by Crippen LogP contribution is -2.48. The molecule has 1 saturated carbocycles. The summed E-state index contributed by atoms with van der Waals surface area (Å²) in [6.07, 6.45) is 4.85. The predicted octanol–water partition coefficient (Wildman–Crippen LogP) is 4.57. The molecule has 2 aromatic rings. The van der Waals surface area contributed by atoms with Gasteiger partial charge in [0.05, 0.1) is 12.6 Å². The molecule has 1 aromatic carbocycles. The van der Waals surface area contributed by atoms with E-state index in [0.717, 1.165) is 32.1 Å². The predicted molar refractivity (Wildman–Crippen MR) is 117 cm³/mol. The highest BCUT2D eigenvalue weighted by Gasteiger charge is 2.36. The standard InChI is InChI=1S/C24H30N2O2S/c1-3-13-25(24(28)18-8-6-9-18)16-22(27)26-14-11-21-20(12-15-29-21)23(26)19-10-5-4-7-17(19)2/h4-5,7,10,12,15,18,23H,3,6,8-9,11,13-14,16H2,1-2H3/t23-/m1/s1. The number of thiophene rings is 1. The Kier molecular flexibility index (Phi) is 6.04. The maximum atomic E-state index is 13.5. The van der Waals surface area contributed by atoms with Crippen LogP contribution in [0.5, 0.6) is 0 Å². The quantitative estimate of drug-likeness (QED) is 0.700. The van der Waals surface area contributed by atoms with Crippen LogP contribution in [0.4, 0.5) is 0 Å². The van der Waals surface area contributed by atoms with Gasteiger partial charge in [0.2, 0.25) is 11.8 Å². The molecule has 154 valence electrons. The molecule has 0 bridgehead atoms. The molecule has 5 heteroatoms. The number of amides is 2. The van der Waals surface area contributed by atoms with E-state index in [1.165, 1.54) is 21.6 Å². The highest BCUT2D eigenvalue weighted by molar-refractivity contribution is 7.10. The molecule has 0 saturated heterocycles. The number of fused-ring (bicyclic) bond motifs is 1. The molecule has 1 fully saturated rings. The van der Waals surface area contributed by atoms with Crippen LogP contribution in [-0.4, -0.2) is 41.2 Å². The molecule has 2 aliphatic rings. The van der Waals surface area contributed by atoms with Crippen molar-refractivity contribution < 1.29 is 9.59 Å². The van der Waals surface area contributed by atoms with Gasteiger partial charge in [-0.25, -0.2) is 0 Å². The topological polar surface area (TPSA) is 40.6 Å². The van der Waals surface area contributed by atoms with Gasteiger partial charge in [0, 0.05) is 23.9 Å². The molecule has 4 nitrogen and oxygen atoms in total. The first-order valence-electron chi connectivity index (χ1n) is 10.8. The van der Waals surface area contributed by atoms with Crippen molar-refractivity contribution in [3.05, 3.63) is 57.3 Å². The first-order valence-corrected chi connectivity index (χ1v) is 11.7. The maximum absolute atomic E-state index is 13.5. The fraction of sp³-hybridized carbons (Fsp3) is 0.500. The van der Waals surface area contributed by atoms with Crippen molar-refractivity contribution in [2.24, 2.45) is 5.92 Å². The van der Waals surface area contributed by atoms with E-state index in [1.807, 2.05) is 15.9 Å². The van der Waals surface area contributed by atoms with Gasteiger partial charge < -0.3 is 9.80 Å². The molecular formula is C24H30N2O2S. The van der Waals surface area contributed by atoms with E-state index >= 15 is 0 Å². The maximum Gasteiger partial charge on any atom is 0.242 e. The first kappa shape index (κ1) is 20.1. The van der Waals surface area contributed by atoms with Crippen LogP contribution in [0.2, 0.25) is 0 Å². The van der Waals surface area contributed by atoms with Crippen molar-refractivity contribution in [2.75, 3.05) is 19.6 Å². The van der Waals surface area contributed by atoms with Crippen LogP contribution in [0, 0.1) is 12.8 Å². The average Bonchev–Trinajstić information content (AvgIpc) is 3.15. The summed E-state index contributed by atoms with van der Waals surface area (Å²) in [5.74, 6) is 0.370. The van der Waals surface area contributed by atoms with E-state index in [2.05, 4.69) is 43.5 Å². The van der Waals surface area contributed by atoms with Crippen molar-refractivity contribution >= 4 is 23.2 Å². The Hall–Kier alpha value is -2.14. The third-order valence-electron chi connectivity index (χ3n) is 6.36. The number of benzene rings is 1. The van der Waals surface area contributed by atoms with E-state index < -0.39 is 0 Å². The number of rotatable bonds is 6. The normalized spacial score (nSPS) is 18.8. The van der Waals surface area contributed by atoms with Gasteiger partial charge in [0.1, 0.15) is 0 Å². The second kappa shape index (κ2) is 8.70. The molecular weight excluding hydrogens is 380 g/mol. The molecule has 1 aromatic heterocycles. The van der Waals surface area contributed by atoms with Gasteiger partial charge in [-0.05, 0) is 60.7 Å². The summed E-state index contributed by atoms with van der Waals surface area (Å²) in [4.78, 5) is 31.5. The SMILES string of the molecule is CCCN(CC(=O)N1CCc2sccc2[C@H]1c1ccccc1C)C(=O)C1CCC1. The van der Waals surface area contributed by atoms with Gasteiger partial charge in [-0.3, -0.25) is 9.59 Å². The zero-order chi connectivity index (χ0) is 20.4. The molecule has 1 aliphatic carbocycles. The lowest BCUT2D eigenvalue weighted by Gasteiger charge is -2.39. The van der Waals surface area contributed by atoms with E-state index in [-0.39, 0.29) is 30.3 Å². The molecule has 0 unspecified atom stereocenters. The highest BCUT2D eigenvalue weighted by atomic mass is 32.1. The zero-order valence-corrected chi connectivity index (χ0v) is 18.2. The van der Waals surface area contributed by atoms with Crippen molar-refractivity contribution in [2.45, 2.75) is 52.0 Å². The third kappa shape index (κ3) is 3.97. The Morgan fingerprint density at radius 2 is 1.97 bits per heavy atom. The summed E-state index contributed by atoms with van der Waals surface area (Å²) in [6.45, 7) is 5.75. The fourth-order valence-corrected chi connectivity index (χ4v) is 5.42. The molecule has 4 rings (SSSR count). The number of nitrogens with zero attached hydrogens (tertiary/aromatic N) is 2. The van der Waals surface area contributed by atoms with Crippen molar-refractivity contribution in [3.63, 3.8) is 0 Å². The minimum Gasteiger partial charge on any atom is -0.333 e. The third-order valence-corrected chi connectivity index (χ3v) is 7.35. The zero-order valence-electron chi connectivity index (χ0n) is 17.4. The molecule has 0 N–H and O–H groups in total. The van der Waals surface area contributed by atoms with Gasteiger partial charge in [0.15, 0.2) is 0 Å². The van der Waals surface area contributed by atoms with E-state index in [9.17, 15) is 9.59 Å². The number of hydrogen-bond donors (Lipinski definition) is 0. The molecule has 29 heavy (non-hydrogen) atoms. The second-order valence-electron chi connectivity index (χ2n) is 8.28. The number of carbonyl (C=O) groups is 2. The smallest absolute Gasteiger partial charge is 0.242 e. The Morgan fingerprint density at radius 1 is 1.17 bits per heavy atom. The van der Waals surface area contributed by atoms with Crippen LogP contribution in [0.1, 0.15) is 60.2 Å². The summed E-state index contributed by atoms with van der Waals surface area (Å²) in [6, 6.07) is 10.5. The monoisotopic (exact) mass is 410 g/mol. The molecule has 2 heterocycles. The molecule has 0 radical (unpaired) electrons. The Labute approximate surface area is 177 Å². The van der Waals surface area contributed by atoms with Gasteiger partial charge in [-0.2, -0.15) is 0 Å². The molecule has 0 spiro atoms. The van der Waals surface area contributed by atoms with Crippen molar-refractivity contribution in [1.82, 2.24) is 9.80 Å². The lowest BCUT2D eigenvalue weighted by molar-refractivity contribution is -0.145. The largest absolute Gasteiger partial charge is 0.333 e. The van der Waals surface area contributed by atoms with Gasteiger partial charge in [-0.1, -0.05) is 37.6 Å². The number of aryl methyl sites for hydroxylation is 1. The summed E-state index contributed by atoms with van der Waals surface area (Å²) in [5.41, 5.74) is 3.63. The molecule has 2 amide bonds. The Balaban J connectivity index is 1.60. The second-order valence-corrected chi connectivity index (χ2v) is 9.28. The Morgan fingerprint density at radius 3 is 2.66 bits per heavy atom. The summed E-state index contributed by atoms with van der Waals surface area (Å²) in [5, 5.41) is 2.13. The van der Waals surface area contributed by atoms with E-state index in [4.69, 9.17) is 0 Å². The van der Waals surface area contributed by atoms with Crippen LogP contribution in [0.3, 0.4) is 0 Å². The van der Waals surface area contributed by atoms with Crippen LogP contribution in [0.15, 0.2) is 35.7 Å². The molecule has 1 aliphatic heterocycles. The van der Waals surface area contributed by atoms with Gasteiger partial charge in [0.25, 0.3) is 0 Å². The summed E-state index contributed by atoms with van der Waals surface area (Å²) >= 11 is 1.78. The van der Waals surface area contributed by atoms with Gasteiger partial charge >= 0.3 is 0 Å². The summed E-state index contributed by atoms with van der Waals surface area (Å²) in [7, 11) is 0. The fourth-order valence-electron chi connectivity index (χ4n) is 4.52. The Bertz CT molecular complexity index is 887. The van der Waals surface area contributed by atoms with Crippen LogP contribution < -0.4 is 0 Å². The number of hydrogen-bond acceptors (Lipinski definition) is 3. The van der Waals surface area contributed by atoms with E-state index in [0.29, 0.717) is 13.1 Å². The first-order chi connectivity index (χ1) is 14.1. The lowest BCUT2D eigenvalue weighted by atomic mass is 9.84.